The molecule has 34 heavy (non-hydrogen) atoms. The summed E-state index contributed by atoms with van der Waals surface area (Å²) in [5.41, 5.74) is 7.23. The first-order chi connectivity index (χ1) is 16.1. The zero-order valence-electron chi connectivity index (χ0n) is 19.8. The topological polar surface area (TPSA) is 136 Å². The van der Waals surface area contributed by atoms with Crippen LogP contribution in [0.15, 0.2) is 59.0 Å². The molecule has 184 valence electrons. The number of hydrogen-bond donors (Lipinski definition) is 3. The fourth-order valence-electron chi connectivity index (χ4n) is 4.34. The van der Waals surface area contributed by atoms with Crippen LogP contribution in [0.2, 0.25) is 0 Å². The number of carbonyl (C=O) groups is 1. The highest BCUT2D eigenvalue weighted by atomic mass is 32.2. The predicted molar refractivity (Wildman–Crippen MR) is 132 cm³/mol. The van der Waals surface area contributed by atoms with Crippen molar-refractivity contribution in [3.63, 3.8) is 0 Å². The van der Waals surface area contributed by atoms with Crippen LogP contribution in [0.1, 0.15) is 57.6 Å². The van der Waals surface area contributed by atoms with Crippen molar-refractivity contribution in [2.75, 3.05) is 0 Å². The highest BCUT2D eigenvalue weighted by Crippen LogP contribution is 2.43. The molecule has 0 aliphatic carbocycles. The number of unbranched alkanes of at least 4 members (excludes halogenated alkanes) is 1. The van der Waals surface area contributed by atoms with Gasteiger partial charge in [-0.25, -0.2) is 13.4 Å². The second-order valence-corrected chi connectivity index (χ2v) is 11.2. The number of aliphatic hydroxyl groups is 1. The smallest absolute Gasteiger partial charge is 0.236 e. The molecule has 0 radical (unpaired) electrons. The largest absolute Gasteiger partial charge is 0.438 e. The average Bonchev–Trinajstić information content (AvgIpc) is 3.22. The van der Waals surface area contributed by atoms with Crippen molar-refractivity contribution in [3.05, 3.63) is 66.1 Å². The fourth-order valence-corrected chi connectivity index (χ4v) is 6.68. The fraction of sp³-hybridized carbons (Fsp3) is 0.440. The van der Waals surface area contributed by atoms with E-state index < -0.39 is 32.6 Å². The summed E-state index contributed by atoms with van der Waals surface area (Å²) in [6.45, 7) is 5.49. The van der Waals surface area contributed by atoms with Crippen LogP contribution in [0.4, 0.5) is 0 Å². The minimum absolute atomic E-state index is 0.00805. The molecule has 3 aromatic rings. The van der Waals surface area contributed by atoms with Crippen molar-refractivity contribution in [2.45, 2.75) is 68.7 Å². The Morgan fingerprint density at radius 1 is 1.15 bits per heavy atom. The first-order valence-electron chi connectivity index (χ1n) is 11.5. The monoisotopic (exact) mass is 487 g/mol. The number of nitrogens with one attached hydrogen (secondary N) is 1. The van der Waals surface area contributed by atoms with Gasteiger partial charge in [0, 0.05) is 6.04 Å². The molecular weight excluding hydrogens is 454 g/mol. The molecule has 3 rings (SSSR count). The summed E-state index contributed by atoms with van der Waals surface area (Å²) in [5, 5.41) is 14.7. The van der Waals surface area contributed by atoms with E-state index in [2.05, 4.69) is 10.3 Å². The van der Waals surface area contributed by atoms with Crippen LogP contribution in [0.3, 0.4) is 0 Å². The van der Waals surface area contributed by atoms with Crippen molar-refractivity contribution < 1.29 is 22.7 Å². The Hall–Kier alpha value is -2.75. The van der Waals surface area contributed by atoms with E-state index in [9.17, 15) is 18.3 Å². The van der Waals surface area contributed by atoms with Crippen LogP contribution in [-0.4, -0.2) is 41.2 Å². The van der Waals surface area contributed by atoms with Gasteiger partial charge >= 0.3 is 0 Å². The first kappa shape index (κ1) is 25.9. The lowest BCUT2D eigenvalue weighted by Crippen LogP contribution is -2.65. The van der Waals surface area contributed by atoms with Gasteiger partial charge in [0.1, 0.15) is 16.3 Å². The zero-order valence-corrected chi connectivity index (χ0v) is 20.6. The van der Waals surface area contributed by atoms with E-state index >= 15 is 0 Å². The van der Waals surface area contributed by atoms with Crippen molar-refractivity contribution in [1.29, 1.82) is 0 Å². The van der Waals surface area contributed by atoms with Crippen LogP contribution >= 0.6 is 0 Å². The first-order valence-corrected chi connectivity index (χ1v) is 13.1. The van der Waals surface area contributed by atoms with Crippen molar-refractivity contribution >= 4 is 26.8 Å². The Labute approximate surface area is 200 Å². The number of para-hydroxylation sites is 2. The molecular formula is C25H33N3O5S. The van der Waals surface area contributed by atoms with Gasteiger partial charge < -0.3 is 20.6 Å². The minimum atomic E-state index is -4.20. The van der Waals surface area contributed by atoms with E-state index in [-0.39, 0.29) is 24.1 Å². The summed E-state index contributed by atoms with van der Waals surface area (Å²) in [7, 11) is -4.20. The molecule has 2 aromatic carbocycles. The lowest BCUT2D eigenvalue weighted by atomic mass is 9.86. The molecule has 0 spiro atoms. The molecule has 0 saturated carbocycles. The minimum Gasteiger partial charge on any atom is -0.438 e. The van der Waals surface area contributed by atoms with Gasteiger partial charge in [0.2, 0.25) is 11.8 Å². The summed E-state index contributed by atoms with van der Waals surface area (Å²) < 4.78 is 32.2. The SMILES string of the molecule is CCCCC(C(NC(C)C)C(N)=O)([C@@H](O)c1nc2ccccc2o1)S(=O)(=O)Cc1ccccc1. The molecule has 2 unspecified atom stereocenters. The van der Waals surface area contributed by atoms with E-state index in [0.717, 1.165) is 0 Å². The molecule has 4 N–H and O–H groups in total. The maximum Gasteiger partial charge on any atom is 0.236 e. The molecule has 1 aromatic heterocycles. The third-order valence-corrected chi connectivity index (χ3v) is 8.51. The Morgan fingerprint density at radius 2 is 1.79 bits per heavy atom. The lowest BCUT2D eigenvalue weighted by molar-refractivity contribution is -0.122. The number of aromatic nitrogens is 1. The van der Waals surface area contributed by atoms with Crippen LogP contribution in [0.5, 0.6) is 0 Å². The quantitative estimate of drug-likeness (QED) is 0.357. The van der Waals surface area contributed by atoms with Crippen LogP contribution in [0, 0.1) is 0 Å². The number of carbonyl (C=O) groups excluding carboxylic acids is 1. The van der Waals surface area contributed by atoms with Gasteiger partial charge in [0.15, 0.2) is 21.5 Å². The normalized spacial score (nSPS) is 15.8. The molecule has 3 atom stereocenters. The number of nitrogens with two attached hydrogens (primary N) is 1. The summed E-state index contributed by atoms with van der Waals surface area (Å²) in [6, 6.07) is 13.9. The van der Waals surface area contributed by atoms with Gasteiger partial charge in [0.25, 0.3) is 0 Å². The number of rotatable bonds is 12. The van der Waals surface area contributed by atoms with E-state index in [1.165, 1.54) is 0 Å². The number of amides is 1. The average molecular weight is 488 g/mol. The van der Waals surface area contributed by atoms with Crippen LogP contribution in [0.25, 0.3) is 11.1 Å². The maximum absolute atomic E-state index is 14.2. The number of nitrogens with zero attached hydrogens (tertiary/aromatic N) is 1. The Kier molecular flexibility index (Phi) is 8.12. The summed E-state index contributed by atoms with van der Waals surface area (Å²) >= 11 is 0. The zero-order chi connectivity index (χ0) is 24.9. The summed E-state index contributed by atoms with van der Waals surface area (Å²) in [6.07, 6.45) is -0.652. The Morgan fingerprint density at radius 3 is 2.38 bits per heavy atom. The highest BCUT2D eigenvalue weighted by molar-refractivity contribution is 7.92. The van der Waals surface area contributed by atoms with Gasteiger partial charge in [-0.05, 0) is 24.1 Å². The second kappa shape index (κ2) is 10.7. The van der Waals surface area contributed by atoms with E-state index in [0.29, 0.717) is 29.5 Å². The second-order valence-electron chi connectivity index (χ2n) is 8.88. The molecule has 0 saturated heterocycles. The number of sulfone groups is 1. The van der Waals surface area contributed by atoms with Crippen molar-refractivity contribution in [1.82, 2.24) is 10.3 Å². The highest BCUT2D eigenvalue weighted by Gasteiger charge is 2.58. The van der Waals surface area contributed by atoms with Gasteiger partial charge in [-0.2, -0.15) is 0 Å². The van der Waals surface area contributed by atoms with Gasteiger partial charge in [0.05, 0.1) is 5.75 Å². The van der Waals surface area contributed by atoms with Crippen LogP contribution in [-0.2, 0) is 20.4 Å². The standard InChI is InChI=1S/C25H33N3O5S/c1-4-5-15-25(21(23(26)30)27-17(2)3,34(31,32)16-18-11-7-6-8-12-18)22(29)24-28-19-13-9-10-14-20(19)33-24/h6-14,17,21-22,27,29H,4-5,15-16H2,1-3H3,(H2,26,30)/t21?,22-,25?/m0/s1. The van der Waals surface area contributed by atoms with Gasteiger partial charge in [-0.3, -0.25) is 4.79 Å². The number of primary amides is 1. The lowest BCUT2D eigenvalue weighted by Gasteiger charge is -2.42. The molecule has 9 heteroatoms. The van der Waals surface area contributed by atoms with E-state index in [4.69, 9.17) is 10.2 Å². The molecule has 0 aliphatic heterocycles. The Balaban J connectivity index is 2.25. The van der Waals surface area contributed by atoms with Gasteiger partial charge in [-0.15, -0.1) is 0 Å². The van der Waals surface area contributed by atoms with E-state index in [1.807, 2.05) is 6.92 Å². The number of benzene rings is 2. The predicted octanol–water partition coefficient (Wildman–Crippen LogP) is 3.26. The van der Waals surface area contributed by atoms with Gasteiger partial charge in [-0.1, -0.05) is 76.1 Å². The van der Waals surface area contributed by atoms with Crippen LogP contribution < -0.4 is 11.1 Å². The Bertz CT molecular complexity index is 1180. The third kappa shape index (κ3) is 5.16. The third-order valence-electron chi connectivity index (χ3n) is 5.98. The number of hydrogen-bond acceptors (Lipinski definition) is 7. The van der Waals surface area contributed by atoms with E-state index in [1.54, 1.807) is 68.4 Å². The summed E-state index contributed by atoms with van der Waals surface area (Å²) in [5.74, 6) is -1.40. The molecule has 1 heterocycles. The molecule has 1 amide bonds. The summed E-state index contributed by atoms with van der Waals surface area (Å²) in [4.78, 5) is 17.2. The molecule has 0 bridgehead atoms. The number of oxazole rings is 1. The maximum atomic E-state index is 14.2. The van der Waals surface area contributed by atoms with Crippen molar-refractivity contribution in [2.24, 2.45) is 5.73 Å². The van der Waals surface area contributed by atoms with Crippen molar-refractivity contribution in [3.8, 4) is 0 Å². The molecule has 0 fully saturated rings. The number of aliphatic hydroxyl groups excluding tert-OH is 1. The molecule has 8 nitrogen and oxygen atoms in total. The molecule has 0 aliphatic rings. The number of fused-ring (bicyclic) bond motifs is 1.